The highest BCUT2D eigenvalue weighted by Gasteiger charge is 2.17. The zero-order chi connectivity index (χ0) is 20.4. The summed E-state index contributed by atoms with van der Waals surface area (Å²) in [5.74, 6) is 1.66. The van der Waals surface area contributed by atoms with Crippen LogP contribution in [0, 0.1) is 0 Å². The number of furan rings is 1. The topological polar surface area (TPSA) is 87.8 Å². The Hall–Kier alpha value is -3.33. The molecule has 0 aliphatic rings. The Morgan fingerprint density at radius 3 is 2.52 bits per heavy atom. The molecule has 0 atom stereocenters. The first-order chi connectivity index (χ1) is 14.0. The van der Waals surface area contributed by atoms with E-state index in [9.17, 15) is 9.59 Å². The molecule has 3 heterocycles. The average molecular weight is 409 g/mol. The van der Waals surface area contributed by atoms with Crippen molar-refractivity contribution in [1.29, 1.82) is 0 Å². The number of aromatic nitrogens is 5. The second-order valence-electron chi connectivity index (χ2n) is 6.52. The third-order valence-electron chi connectivity index (χ3n) is 4.62. The van der Waals surface area contributed by atoms with Crippen LogP contribution in [0.25, 0.3) is 11.6 Å². The maximum atomic E-state index is 12.2. The zero-order valence-corrected chi connectivity index (χ0v) is 16.8. The minimum Gasteiger partial charge on any atom is -0.461 e. The normalized spacial score (nSPS) is 11.1. The molecule has 148 valence electrons. The summed E-state index contributed by atoms with van der Waals surface area (Å²) in [6, 6.07) is 15.1. The Morgan fingerprint density at radius 1 is 1.00 bits per heavy atom. The van der Waals surface area contributed by atoms with E-state index in [1.807, 2.05) is 41.0 Å². The number of nitrogens with zero attached hydrogens (tertiary/aromatic N) is 5. The first kappa shape index (κ1) is 19.0. The van der Waals surface area contributed by atoms with Gasteiger partial charge in [-0.2, -0.15) is 0 Å². The molecule has 0 aliphatic heterocycles. The molecule has 8 nitrogen and oxygen atoms in total. The van der Waals surface area contributed by atoms with E-state index in [1.165, 1.54) is 29.4 Å². The maximum absolute atomic E-state index is 12.2. The highest BCUT2D eigenvalue weighted by atomic mass is 32.2. The lowest BCUT2D eigenvalue weighted by atomic mass is 10.2. The predicted molar refractivity (Wildman–Crippen MR) is 110 cm³/mol. The van der Waals surface area contributed by atoms with E-state index in [4.69, 9.17) is 4.42 Å². The van der Waals surface area contributed by atoms with Gasteiger partial charge in [0.25, 0.3) is 5.56 Å². The van der Waals surface area contributed by atoms with Crippen LogP contribution >= 0.6 is 11.8 Å². The van der Waals surface area contributed by atoms with Crippen LogP contribution in [0.4, 0.5) is 0 Å². The van der Waals surface area contributed by atoms with E-state index >= 15 is 0 Å². The van der Waals surface area contributed by atoms with E-state index in [1.54, 1.807) is 19.4 Å². The van der Waals surface area contributed by atoms with Crippen molar-refractivity contribution in [2.75, 3.05) is 0 Å². The molecule has 29 heavy (non-hydrogen) atoms. The largest absolute Gasteiger partial charge is 0.461 e. The molecule has 0 saturated heterocycles. The minimum absolute atomic E-state index is 0.328. The fourth-order valence-corrected chi connectivity index (χ4v) is 3.91. The Morgan fingerprint density at radius 2 is 1.79 bits per heavy atom. The van der Waals surface area contributed by atoms with Gasteiger partial charge in [-0.25, -0.2) is 4.79 Å². The lowest BCUT2D eigenvalue weighted by Crippen LogP contribution is -2.37. The van der Waals surface area contributed by atoms with Gasteiger partial charge < -0.3 is 4.42 Å². The summed E-state index contributed by atoms with van der Waals surface area (Å²) in [6.45, 7) is 0.571. The molecule has 0 N–H and O–H groups in total. The lowest BCUT2D eigenvalue weighted by Gasteiger charge is -2.11. The van der Waals surface area contributed by atoms with Gasteiger partial charge in [0.2, 0.25) is 5.82 Å². The van der Waals surface area contributed by atoms with Crippen molar-refractivity contribution in [3.8, 4) is 11.6 Å². The first-order valence-corrected chi connectivity index (χ1v) is 9.93. The molecule has 4 aromatic rings. The minimum atomic E-state index is -0.352. The van der Waals surface area contributed by atoms with Gasteiger partial charge >= 0.3 is 5.69 Å². The summed E-state index contributed by atoms with van der Waals surface area (Å²) in [5.41, 5.74) is 1.04. The third-order valence-corrected chi connectivity index (χ3v) is 5.62. The molecule has 0 unspecified atom stereocenters. The molecule has 1 aromatic carbocycles. The molecule has 0 fully saturated rings. The standard InChI is InChI=1S/C20H19N5O3S/c1-23-15(11-17(26)24(2)20(23)27)13-29-19-22-21-18(16-9-6-10-28-16)25(19)12-14-7-4-3-5-8-14/h3-11H,12-13H2,1-2H3. The molecule has 0 saturated carbocycles. The molecule has 0 radical (unpaired) electrons. The Bertz CT molecular complexity index is 1240. The highest BCUT2D eigenvalue weighted by molar-refractivity contribution is 7.98. The van der Waals surface area contributed by atoms with Crippen molar-refractivity contribution in [3.05, 3.63) is 86.9 Å². The summed E-state index contributed by atoms with van der Waals surface area (Å²) in [6.07, 6.45) is 1.60. The Balaban J connectivity index is 1.67. The molecule has 3 aromatic heterocycles. The Kier molecular flexibility index (Phi) is 5.22. The maximum Gasteiger partial charge on any atom is 0.330 e. The van der Waals surface area contributed by atoms with Crippen molar-refractivity contribution < 1.29 is 4.42 Å². The fourth-order valence-electron chi connectivity index (χ4n) is 2.95. The smallest absolute Gasteiger partial charge is 0.330 e. The summed E-state index contributed by atoms with van der Waals surface area (Å²) in [5, 5.41) is 9.30. The van der Waals surface area contributed by atoms with Gasteiger partial charge in [0.05, 0.1) is 12.8 Å². The van der Waals surface area contributed by atoms with Crippen LogP contribution in [0.1, 0.15) is 11.3 Å². The van der Waals surface area contributed by atoms with Crippen LogP contribution in [0.5, 0.6) is 0 Å². The van der Waals surface area contributed by atoms with E-state index < -0.39 is 0 Å². The zero-order valence-electron chi connectivity index (χ0n) is 16.0. The number of hydrogen-bond acceptors (Lipinski definition) is 6. The van der Waals surface area contributed by atoms with Crippen LogP contribution < -0.4 is 11.2 Å². The second kappa shape index (κ2) is 7.96. The molecule has 9 heteroatoms. The van der Waals surface area contributed by atoms with Gasteiger partial charge in [0.1, 0.15) is 0 Å². The number of thioether (sulfide) groups is 1. The second-order valence-corrected chi connectivity index (χ2v) is 7.46. The van der Waals surface area contributed by atoms with Gasteiger partial charge in [-0.15, -0.1) is 10.2 Å². The summed E-state index contributed by atoms with van der Waals surface area (Å²) in [4.78, 5) is 24.1. The van der Waals surface area contributed by atoms with E-state index in [0.29, 0.717) is 34.7 Å². The van der Waals surface area contributed by atoms with Crippen molar-refractivity contribution in [2.24, 2.45) is 14.1 Å². The van der Waals surface area contributed by atoms with Gasteiger partial charge in [0, 0.05) is 31.6 Å². The molecule has 4 rings (SSSR count). The Labute approximate surface area is 170 Å². The summed E-state index contributed by atoms with van der Waals surface area (Å²) in [7, 11) is 3.12. The van der Waals surface area contributed by atoms with Crippen molar-refractivity contribution >= 4 is 11.8 Å². The predicted octanol–water partition coefficient (Wildman–Crippen LogP) is 2.28. The number of hydrogen-bond donors (Lipinski definition) is 0. The monoisotopic (exact) mass is 409 g/mol. The van der Waals surface area contributed by atoms with Crippen LogP contribution in [0.2, 0.25) is 0 Å². The van der Waals surface area contributed by atoms with Crippen LogP contribution in [-0.2, 0) is 26.4 Å². The summed E-state index contributed by atoms with van der Waals surface area (Å²) < 4.78 is 10.0. The lowest BCUT2D eigenvalue weighted by molar-refractivity contribution is 0.569. The quantitative estimate of drug-likeness (QED) is 0.454. The van der Waals surface area contributed by atoms with Gasteiger partial charge in [-0.1, -0.05) is 42.1 Å². The average Bonchev–Trinajstić information content (AvgIpc) is 3.39. The molecule has 0 aliphatic carbocycles. The van der Waals surface area contributed by atoms with E-state index in [2.05, 4.69) is 10.2 Å². The highest BCUT2D eigenvalue weighted by Crippen LogP contribution is 2.27. The number of benzene rings is 1. The van der Waals surface area contributed by atoms with Gasteiger partial charge in [-0.05, 0) is 17.7 Å². The van der Waals surface area contributed by atoms with Gasteiger partial charge in [-0.3, -0.25) is 18.5 Å². The van der Waals surface area contributed by atoms with Crippen LogP contribution in [0.15, 0.2) is 74.0 Å². The van der Waals surface area contributed by atoms with Gasteiger partial charge in [0.15, 0.2) is 10.9 Å². The van der Waals surface area contributed by atoms with Crippen LogP contribution in [0.3, 0.4) is 0 Å². The summed E-state index contributed by atoms with van der Waals surface area (Å²) >= 11 is 1.41. The first-order valence-electron chi connectivity index (χ1n) is 8.94. The van der Waals surface area contributed by atoms with Crippen LogP contribution in [-0.4, -0.2) is 23.9 Å². The molecular weight excluding hydrogens is 390 g/mol. The van der Waals surface area contributed by atoms with E-state index in [-0.39, 0.29) is 11.2 Å². The fraction of sp³-hybridized carbons (Fsp3) is 0.200. The van der Waals surface area contributed by atoms with Crippen molar-refractivity contribution in [3.63, 3.8) is 0 Å². The SMILES string of the molecule is Cn1c(CSc2nnc(-c3ccco3)n2Cc2ccccc2)cc(=O)n(C)c1=O. The molecule has 0 amide bonds. The van der Waals surface area contributed by atoms with E-state index in [0.717, 1.165) is 10.1 Å². The number of rotatable bonds is 6. The molecule has 0 spiro atoms. The van der Waals surface area contributed by atoms with Crippen molar-refractivity contribution in [1.82, 2.24) is 23.9 Å². The van der Waals surface area contributed by atoms with Crippen molar-refractivity contribution in [2.45, 2.75) is 17.5 Å². The third kappa shape index (κ3) is 3.81. The molecular formula is C20H19N5O3S. The molecule has 0 bridgehead atoms.